The largest absolute Gasteiger partial charge is 0.352 e. The second-order valence-electron chi connectivity index (χ2n) is 5.68. The minimum atomic E-state index is -0.0375. The Morgan fingerprint density at radius 1 is 1.08 bits per heavy atom. The summed E-state index contributed by atoms with van der Waals surface area (Å²) in [7, 11) is 0. The fourth-order valence-corrected chi connectivity index (χ4v) is 4.18. The zero-order chi connectivity index (χ0) is 18.2. The fraction of sp³-hybridized carbons (Fsp3) is 0.143. The number of hydrogen-bond acceptors (Lipinski definition) is 4. The van der Waals surface area contributed by atoms with Crippen molar-refractivity contribution >= 4 is 29.0 Å². The van der Waals surface area contributed by atoms with E-state index in [1.807, 2.05) is 60.0 Å². The van der Waals surface area contributed by atoms with Crippen molar-refractivity contribution in [3.8, 4) is 6.07 Å². The number of benzene rings is 2. The van der Waals surface area contributed by atoms with Crippen LogP contribution in [0.4, 0.5) is 0 Å². The highest BCUT2D eigenvalue weighted by Crippen LogP contribution is 2.26. The first-order valence-corrected chi connectivity index (χ1v) is 10.1. The van der Waals surface area contributed by atoms with Gasteiger partial charge in [-0.1, -0.05) is 30.3 Å². The van der Waals surface area contributed by atoms with Crippen LogP contribution in [0.2, 0.25) is 0 Å². The number of nitrogens with zero attached hydrogens (tertiary/aromatic N) is 1. The maximum absolute atomic E-state index is 12.5. The van der Waals surface area contributed by atoms with Crippen LogP contribution in [0, 0.1) is 11.3 Å². The van der Waals surface area contributed by atoms with Gasteiger partial charge in [0.1, 0.15) is 0 Å². The molecule has 3 nitrogen and oxygen atoms in total. The highest BCUT2D eigenvalue weighted by Gasteiger charge is 2.11. The predicted molar refractivity (Wildman–Crippen MR) is 108 cm³/mol. The number of rotatable bonds is 7. The van der Waals surface area contributed by atoms with Gasteiger partial charge in [-0.25, -0.2) is 0 Å². The van der Waals surface area contributed by atoms with Gasteiger partial charge in [0, 0.05) is 22.1 Å². The van der Waals surface area contributed by atoms with Crippen molar-refractivity contribution in [1.82, 2.24) is 5.32 Å². The molecule has 0 bridgehead atoms. The molecule has 0 fully saturated rings. The molecule has 0 radical (unpaired) electrons. The number of amides is 1. The zero-order valence-electron chi connectivity index (χ0n) is 14.1. The standard InChI is InChI=1S/C21H18N2OS2/c22-14-16-7-9-17(10-8-16)15-26-20-6-2-1-5-19(20)21(24)23-12-11-18-4-3-13-25-18/h1-10,13H,11-12,15H2,(H,23,24). The van der Waals surface area contributed by atoms with Crippen LogP contribution in [0.1, 0.15) is 26.4 Å². The Bertz CT molecular complexity index is 897. The van der Waals surface area contributed by atoms with E-state index in [2.05, 4.69) is 17.5 Å². The molecule has 0 saturated heterocycles. The molecule has 3 rings (SSSR count). The molecule has 1 heterocycles. The molecule has 130 valence electrons. The first-order chi connectivity index (χ1) is 12.8. The van der Waals surface area contributed by atoms with Crippen molar-refractivity contribution in [2.24, 2.45) is 0 Å². The lowest BCUT2D eigenvalue weighted by molar-refractivity contribution is 0.0951. The average Bonchev–Trinajstić information content (AvgIpc) is 3.20. The van der Waals surface area contributed by atoms with E-state index in [-0.39, 0.29) is 5.91 Å². The van der Waals surface area contributed by atoms with Crippen LogP contribution in [-0.2, 0) is 12.2 Å². The lowest BCUT2D eigenvalue weighted by Gasteiger charge is -2.10. The van der Waals surface area contributed by atoms with Crippen molar-refractivity contribution < 1.29 is 4.79 Å². The van der Waals surface area contributed by atoms with Crippen molar-refractivity contribution in [1.29, 1.82) is 5.26 Å². The van der Waals surface area contributed by atoms with Crippen LogP contribution in [0.25, 0.3) is 0 Å². The molecule has 1 amide bonds. The number of carbonyl (C=O) groups excluding carboxylic acids is 1. The van der Waals surface area contributed by atoms with Crippen LogP contribution < -0.4 is 5.32 Å². The van der Waals surface area contributed by atoms with Crippen LogP contribution in [-0.4, -0.2) is 12.5 Å². The highest BCUT2D eigenvalue weighted by molar-refractivity contribution is 7.98. The van der Waals surface area contributed by atoms with E-state index in [9.17, 15) is 4.79 Å². The number of nitrogens with one attached hydrogen (secondary N) is 1. The molecule has 1 aromatic heterocycles. The summed E-state index contributed by atoms with van der Waals surface area (Å²) in [5.74, 6) is 0.718. The van der Waals surface area contributed by atoms with Gasteiger partial charge >= 0.3 is 0 Å². The van der Waals surface area contributed by atoms with E-state index in [1.165, 1.54) is 4.88 Å². The second-order valence-corrected chi connectivity index (χ2v) is 7.73. The minimum Gasteiger partial charge on any atom is -0.352 e. The number of thiophene rings is 1. The molecule has 0 aliphatic carbocycles. The van der Waals surface area contributed by atoms with E-state index in [1.54, 1.807) is 23.1 Å². The van der Waals surface area contributed by atoms with Crippen molar-refractivity contribution in [2.45, 2.75) is 17.1 Å². The normalized spacial score (nSPS) is 10.3. The summed E-state index contributed by atoms with van der Waals surface area (Å²) in [5, 5.41) is 13.9. The minimum absolute atomic E-state index is 0.0375. The fourth-order valence-electron chi connectivity index (χ4n) is 2.47. The zero-order valence-corrected chi connectivity index (χ0v) is 15.8. The first-order valence-electron chi connectivity index (χ1n) is 8.28. The maximum Gasteiger partial charge on any atom is 0.252 e. The van der Waals surface area contributed by atoms with Crippen molar-refractivity contribution in [2.75, 3.05) is 6.54 Å². The van der Waals surface area contributed by atoms with Gasteiger partial charge in [0.15, 0.2) is 0 Å². The van der Waals surface area contributed by atoms with Gasteiger partial charge in [-0.3, -0.25) is 4.79 Å². The van der Waals surface area contributed by atoms with Gasteiger partial charge in [0.05, 0.1) is 17.2 Å². The topological polar surface area (TPSA) is 52.9 Å². The third-order valence-electron chi connectivity index (χ3n) is 3.85. The van der Waals surface area contributed by atoms with Crippen LogP contribution in [0.5, 0.6) is 0 Å². The summed E-state index contributed by atoms with van der Waals surface area (Å²) < 4.78 is 0. The molecule has 0 aliphatic heterocycles. The van der Waals surface area contributed by atoms with E-state index < -0.39 is 0 Å². The molecule has 0 unspecified atom stereocenters. The summed E-state index contributed by atoms with van der Waals surface area (Å²) in [6.45, 7) is 0.633. The molecule has 0 saturated carbocycles. The van der Waals surface area contributed by atoms with Crippen molar-refractivity contribution in [3.05, 3.63) is 87.6 Å². The van der Waals surface area contributed by atoms with Gasteiger partial charge in [-0.05, 0) is 47.7 Å². The van der Waals surface area contributed by atoms with Gasteiger partial charge in [0.2, 0.25) is 0 Å². The summed E-state index contributed by atoms with van der Waals surface area (Å²) in [6, 6.07) is 21.4. The first kappa shape index (κ1) is 18.2. The molecular formula is C21H18N2OS2. The number of hydrogen-bond donors (Lipinski definition) is 1. The molecule has 0 atom stereocenters. The average molecular weight is 379 g/mol. The molecule has 26 heavy (non-hydrogen) atoms. The summed E-state index contributed by atoms with van der Waals surface area (Å²) in [5.41, 5.74) is 2.49. The SMILES string of the molecule is N#Cc1ccc(CSc2ccccc2C(=O)NCCc2cccs2)cc1. The predicted octanol–water partition coefficient (Wildman–Crippen LogP) is 4.88. The lowest BCUT2D eigenvalue weighted by Crippen LogP contribution is -2.26. The van der Waals surface area contributed by atoms with Gasteiger partial charge in [0.25, 0.3) is 5.91 Å². The number of carbonyl (C=O) groups is 1. The summed E-state index contributed by atoms with van der Waals surface area (Å²) >= 11 is 3.34. The molecule has 0 spiro atoms. The molecule has 5 heteroatoms. The number of nitriles is 1. The van der Waals surface area contributed by atoms with Crippen LogP contribution in [0.15, 0.2) is 70.9 Å². The molecule has 2 aromatic carbocycles. The van der Waals surface area contributed by atoms with E-state index in [4.69, 9.17) is 5.26 Å². The summed E-state index contributed by atoms with van der Waals surface area (Å²) in [6.07, 6.45) is 0.851. The Morgan fingerprint density at radius 2 is 1.88 bits per heavy atom. The second kappa shape index (κ2) is 9.23. The molecule has 0 aliphatic rings. The monoisotopic (exact) mass is 378 g/mol. The van der Waals surface area contributed by atoms with E-state index in [0.29, 0.717) is 17.7 Å². The molecule has 3 aromatic rings. The lowest BCUT2D eigenvalue weighted by atomic mass is 10.2. The molecular weight excluding hydrogens is 360 g/mol. The Morgan fingerprint density at radius 3 is 2.62 bits per heavy atom. The van der Waals surface area contributed by atoms with E-state index >= 15 is 0 Å². The highest BCUT2D eigenvalue weighted by atomic mass is 32.2. The van der Waals surface area contributed by atoms with Gasteiger partial charge < -0.3 is 5.32 Å². The smallest absolute Gasteiger partial charge is 0.252 e. The molecule has 1 N–H and O–H groups in total. The van der Waals surface area contributed by atoms with Gasteiger partial charge in [-0.15, -0.1) is 23.1 Å². The Balaban J connectivity index is 1.59. The van der Waals surface area contributed by atoms with Crippen molar-refractivity contribution in [3.63, 3.8) is 0 Å². The Hall–Kier alpha value is -2.55. The third kappa shape index (κ3) is 4.98. The summed E-state index contributed by atoms with van der Waals surface area (Å²) in [4.78, 5) is 14.8. The van der Waals surface area contributed by atoms with Crippen LogP contribution >= 0.6 is 23.1 Å². The number of thioether (sulfide) groups is 1. The maximum atomic E-state index is 12.5. The Kier molecular flexibility index (Phi) is 6.48. The van der Waals surface area contributed by atoms with Gasteiger partial charge in [-0.2, -0.15) is 5.26 Å². The quantitative estimate of drug-likeness (QED) is 0.596. The Labute approximate surface area is 161 Å². The third-order valence-corrected chi connectivity index (χ3v) is 5.93. The van der Waals surface area contributed by atoms with Crippen LogP contribution in [0.3, 0.4) is 0 Å². The van der Waals surface area contributed by atoms with E-state index in [0.717, 1.165) is 22.6 Å².